The summed E-state index contributed by atoms with van der Waals surface area (Å²) in [5.41, 5.74) is 0. The van der Waals surface area contributed by atoms with Crippen molar-refractivity contribution in [3.63, 3.8) is 0 Å². The van der Waals surface area contributed by atoms with E-state index in [-0.39, 0.29) is 44.0 Å². The highest BCUT2D eigenvalue weighted by molar-refractivity contribution is 4.73. The van der Waals surface area contributed by atoms with E-state index in [1.807, 2.05) is 39.5 Å². The van der Waals surface area contributed by atoms with Crippen molar-refractivity contribution in [2.24, 2.45) is 0 Å². The van der Waals surface area contributed by atoms with Gasteiger partial charge in [0.15, 0.2) is 0 Å². The van der Waals surface area contributed by atoms with Gasteiger partial charge in [-0.1, -0.05) is 6.92 Å². The van der Waals surface area contributed by atoms with E-state index in [4.69, 9.17) is 23.7 Å². The van der Waals surface area contributed by atoms with E-state index in [1.54, 1.807) is 0 Å². The maximum absolute atomic E-state index is 9.90. The molecule has 0 heterocycles. The van der Waals surface area contributed by atoms with Crippen LogP contribution in [0.15, 0.2) is 0 Å². The monoisotopic (exact) mass is 482 g/mol. The maximum Gasteiger partial charge on any atom is 0.144 e. The zero-order chi connectivity index (χ0) is 25.1. The Balaban J connectivity index is 5.12. The van der Waals surface area contributed by atoms with Crippen LogP contribution >= 0.6 is 0 Å². The molecule has 3 unspecified atom stereocenters. The zero-order valence-corrected chi connectivity index (χ0v) is 21.6. The molecule has 10 nitrogen and oxygen atoms in total. The first kappa shape index (κ1) is 32.6. The van der Waals surface area contributed by atoms with Gasteiger partial charge >= 0.3 is 0 Å². The van der Waals surface area contributed by atoms with E-state index < -0.39 is 6.79 Å². The van der Waals surface area contributed by atoms with Crippen LogP contribution in [0, 0.1) is 0 Å². The van der Waals surface area contributed by atoms with E-state index in [0.29, 0.717) is 52.5 Å². The molecule has 0 aromatic rings. The topological polar surface area (TPSA) is 113 Å². The Morgan fingerprint density at radius 2 is 1.06 bits per heavy atom. The standard InChI is InChI=1S/C23H50N2O8/c1-7-21(29-8-2)11-24(12-22(32-17-27)14-30-19(3)4)9-10-25(16-26)13-23(33-18-28)15-31-20(5)6/h19-23,26-28H,7-18H2,1-6H3. The molecule has 0 aromatic heterocycles. The quantitative estimate of drug-likeness (QED) is 0.181. The molecule has 0 aromatic carbocycles. The van der Waals surface area contributed by atoms with Gasteiger partial charge in [0.2, 0.25) is 0 Å². The Bertz CT molecular complexity index is 431. The van der Waals surface area contributed by atoms with E-state index in [0.717, 1.165) is 6.42 Å². The van der Waals surface area contributed by atoms with Gasteiger partial charge in [0.1, 0.15) is 13.6 Å². The van der Waals surface area contributed by atoms with Crippen LogP contribution in [0.5, 0.6) is 0 Å². The summed E-state index contributed by atoms with van der Waals surface area (Å²) in [4.78, 5) is 4.06. The minimum atomic E-state index is -0.403. The lowest BCUT2D eigenvalue weighted by Crippen LogP contribution is -2.46. The van der Waals surface area contributed by atoms with Gasteiger partial charge in [-0.15, -0.1) is 0 Å². The summed E-state index contributed by atoms with van der Waals surface area (Å²) in [6.07, 6.45) is 0.425. The fourth-order valence-corrected chi connectivity index (χ4v) is 3.28. The van der Waals surface area contributed by atoms with Crippen molar-refractivity contribution in [1.82, 2.24) is 9.80 Å². The molecule has 0 saturated heterocycles. The van der Waals surface area contributed by atoms with Crippen molar-refractivity contribution in [2.75, 3.05) is 72.9 Å². The average molecular weight is 483 g/mol. The van der Waals surface area contributed by atoms with Crippen LogP contribution in [0.3, 0.4) is 0 Å². The second-order valence-electron chi connectivity index (χ2n) is 8.56. The van der Waals surface area contributed by atoms with Crippen LogP contribution < -0.4 is 0 Å². The van der Waals surface area contributed by atoms with Gasteiger partial charge in [0.25, 0.3) is 0 Å². The van der Waals surface area contributed by atoms with Crippen LogP contribution in [-0.2, 0) is 23.7 Å². The van der Waals surface area contributed by atoms with Crippen molar-refractivity contribution in [3.05, 3.63) is 0 Å². The van der Waals surface area contributed by atoms with Crippen molar-refractivity contribution in [1.29, 1.82) is 0 Å². The van der Waals surface area contributed by atoms with E-state index >= 15 is 0 Å². The SMILES string of the molecule is CCOC(CC)CN(CCN(CO)CC(COC(C)C)OCO)CC(COC(C)C)OCO. The van der Waals surface area contributed by atoms with Crippen LogP contribution in [0.2, 0.25) is 0 Å². The number of aliphatic hydroxyl groups excluding tert-OH is 3. The number of nitrogens with zero attached hydrogens (tertiary/aromatic N) is 2. The molecule has 0 bridgehead atoms. The summed E-state index contributed by atoms with van der Waals surface area (Å²) < 4.78 is 28.1. The molecule has 0 spiro atoms. The normalized spacial score (nSPS) is 15.2. The van der Waals surface area contributed by atoms with E-state index in [2.05, 4.69) is 11.8 Å². The molecule has 0 rings (SSSR count). The molecule has 0 aliphatic rings. The lowest BCUT2D eigenvalue weighted by atomic mass is 10.2. The highest BCUT2D eigenvalue weighted by atomic mass is 16.6. The van der Waals surface area contributed by atoms with Gasteiger partial charge in [0, 0.05) is 39.3 Å². The van der Waals surface area contributed by atoms with Crippen molar-refractivity contribution in [3.8, 4) is 0 Å². The first-order valence-electron chi connectivity index (χ1n) is 12.1. The highest BCUT2D eigenvalue weighted by Crippen LogP contribution is 2.08. The fourth-order valence-electron chi connectivity index (χ4n) is 3.28. The molecule has 0 fully saturated rings. The number of ether oxygens (including phenoxy) is 5. The third-order valence-electron chi connectivity index (χ3n) is 5.03. The summed E-state index contributed by atoms with van der Waals surface area (Å²) in [7, 11) is 0. The predicted octanol–water partition coefficient (Wildman–Crippen LogP) is 0.875. The lowest BCUT2D eigenvalue weighted by molar-refractivity contribution is -0.108. The van der Waals surface area contributed by atoms with Gasteiger partial charge in [-0.25, -0.2) is 0 Å². The van der Waals surface area contributed by atoms with Crippen LogP contribution in [0.4, 0.5) is 0 Å². The molecule has 33 heavy (non-hydrogen) atoms. The largest absolute Gasteiger partial charge is 0.381 e. The number of aliphatic hydroxyl groups is 3. The van der Waals surface area contributed by atoms with Gasteiger partial charge in [-0.05, 0) is 41.0 Å². The van der Waals surface area contributed by atoms with Gasteiger partial charge in [-0.2, -0.15) is 0 Å². The Morgan fingerprint density at radius 1 is 0.606 bits per heavy atom. The molecule has 10 heteroatoms. The third kappa shape index (κ3) is 17.7. The van der Waals surface area contributed by atoms with Gasteiger partial charge < -0.3 is 39.0 Å². The fraction of sp³-hybridized carbons (Fsp3) is 1.00. The van der Waals surface area contributed by atoms with Gasteiger partial charge in [-0.3, -0.25) is 9.80 Å². The zero-order valence-electron chi connectivity index (χ0n) is 21.6. The molecule has 0 aliphatic carbocycles. The molecule has 0 aliphatic heterocycles. The highest BCUT2D eigenvalue weighted by Gasteiger charge is 2.21. The maximum atomic E-state index is 9.90. The number of hydrogen-bond donors (Lipinski definition) is 3. The second kappa shape index (κ2) is 20.9. The molecular formula is C23H50N2O8. The number of rotatable bonds is 23. The first-order chi connectivity index (χ1) is 15.8. The predicted molar refractivity (Wildman–Crippen MR) is 127 cm³/mol. The molecule has 0 saturated carbocycles. The smallest absolute Gasteiger partial charge is 0.144 e. The Labute approximate surface area is 200 Å². The van der Waals surface area contributed by atoms with E-state index in [1.165, 1.54) is 0 Å². The summed E-state index contributed by atoms with van der Waals surface area (Å²) in [5.74, 6) is 0. The summed E-state index contributed by atoms with van der Waals surface area (Å²) >= 11 is 0. The van der Waals surface area contributed by atoms with Crippen molar-refractivity contribution >= 4 is 0 Å². The Hall–Kier alpha value is -0.400. The minimum Gasteiger partial charge on any atom is -0.381 e. The van der Waals surface area contributed by atoms with Gasteiger partial charge in [0.05, 0.1) is 50.5 Å². The molecular weight excluding hydrogens is 432 g/mol. The Morgan fingerprint density at radius 3 is 1.45 bits per heavy atom. The molecule has 3 atom stereocenters. The van der Waals surface area contributed by atoms with Crippen molar-refractivity contribution < 1.29 is 39.0 Å². The molecule has 200 valence electrons. The molecule has 0 radical (unpaired) electrons. The van der Waals surface area contributed by atoms with Crippen LogP contribution in [0.1, 0.15) is 48.0 Å². The van der Waals surface area contributed by atoms with E-state index in [9.17, 15) is 15.3 Å². The summed E-state index contributed by atoms with van der Waals surface area (Å²) in [5, 5.41) is 28.4. The minimum absolute atomic E-state index is 0.0499. The van der Waals surface area contributed by atoms with Crippen LogP contribution in [0.25, 0.3) is 0 Å². The first-order valence-corrected chi connectivity index (χ1v) is 12.1. The Kier molecular flexibility index (Phi) is 20.7. The molecule has 3 N–H and O–H groups in total. The van der Waals surface area contributed by atoms with Crippen LogP contribution in [-0.4, -0.2) is 129 Å². The summed E-state index contributed by atoms with van der Waals surface area (Å²) in [6.45, 7) is 15.2. The average Bonchev–Trinajstić information content (AvgIpc) is 2.77. The third-order valence-corrected chi connectivity index (χ3v) is 5.03. The lowest BCUT2D eigenvalue weighted by Gasteiger charge is -2.33. The summed E-state index contributed by atoms with van der Waals surface area (Å²) in [6, 6.07) is 0. The molecule has 0 amide bonds. The van der Waals surface area contributed by atoms with Crippen molar-refractivity contribution in [2.45, 2.75) is 78.5 Å². The number of hydrogen-bond acceptors (Lipinski definition) is 10. The second-order valence-corrected chi connectivity index (χ2v) is 8.56.